The van der Waals surface area contributed by atoms with Gasteiger partial charge in [-0.3, -0.25) is 0 Å². The van der Waals surface area contributed by atoms with Gasteiger partial charge in [0.05, 0.1) is 0 Å². The summed E-state index contributed by atoms with van der Waals surface area (Å²) in [7, 11) is -1.75. The molecular formula is C42H54N2Si. The van der Waals surface area contributed by atoms with E-state index in [9.17, 15) is 0 Å². The van der Waals surface area contributed by atoms with Gasteiger partial charge in [-0.05, 0) is 116 Å². The van der Waals surface area contributed by atoms with Gasteiger partial charge in [0.15, 0.2) is 0 Å². The van der Waals surface area contributed by atoms with Gasteiger partial charge in [0.25, 0.3) is 0 Å². The second-order valence-electron chi connectivity index (χ2n) is 16.4. The number of nitrogens with zero attached hydrogens (tertiary/aromatic N) is 2. The van der Waals surface area contributed by atoms with Crippen molar-refractivity contribution in [3.63, 3.8) is 0 Å². The van der Waals surface area contributed by atoms with Crippen LogP contribution in [-0.2, 0) is 5.41 Å². The molecule has 7 rings (SSSR count). The lowest BCUT2D eigenvalue weighted by molar-refractivity contribution is 0.140. The molecule has 0 bridgehead atoms. The molecule has 0 spiro atoms. The summed E-state index contributed by atoms with van der Waals surface area (Å²) in [5.74, 6) is 1.33. The second kappa shape index (κ2) is 11.4. The summed E-state index contributed by atoms with van der Waals surface area (Å²) < 4.78 is 3.12. The highest BCUT2D eigenvalue weighted by Gasteiger charge is 2.53. The van der Waals surface area contributed by atoms with Gasteiger partial charge in [-0.15, -0.1) is 0 Å². The smallest absolute Gasteiger partial charge is 0.126 e. The predicted octanol–water partition coefficient (Wildman–Crippen LogP) is 11.8. The molecule has 3 heteroatoms. The van der Waals surface area contributed by atoms with Crippen LogP contribution in [-0.4, -0.2) is 24.4 Å². The maximum Gasteiger partial charge on any atom is 0.126 e. The summed E-state index contributed by atoms with van der Waals surface area (Å²) in [5.41, 5.74) is 10.7. The van der Waals surface area contributed by atoms with E-state index in [-0.39, 0.29) is 11.0 Å². The number of anilines is 3. The molecule has 0 radical (unpaired) electrons. The van der Waals surface area contributed by atoms with E-state index in [2.05, 4.69) is 148 Å². The molecule has 0 aliphatic heterocycles. The molecule has 4 aliphatic carbocycles. The van der Waals surface area contributed by atoms with Gasteiger partial charge in [-0.2, -0.15) is 0 Å². The Labute approximate surface area is 274 Å². The highest BCUT2D eigenvalue weighted by atomic mass is 28.3. The number of para-hydroxylation sites is 2. The third-order valence-corrected chi connectivity index (χ3v) is 16.7. The van der Waals surface area contributed by atoms with Crippen LogP contribution in [0.3, 0.4) is 0 Å². The van der Waals surface area contributed by atoms with Crippen molar-refractivity contribution in [1.29, 1.82) is 0 Å². The van der Waals surface area contributed by atoms with Gasteiger partial charge in [0.1, 0.15) is 8.24 Å². The fraction of sp³-hybridized carbons (Fsp3) is 0.476. The molecule has 2 saturated carbocycles. The zero-order valence-electron chi connectivity index (χ0n) is 28.8. The van der Waals surface area contributed by atoms with E-state index in [0.717, 1.165) is 11.6 Å². The average Bonchev–Trinajstić information content (AvgIpc) is 3.54. The Morgan fingerprint density at radius 1 is 0.711 bits per heavy atom. The molecule has 3 aromatic carbocycles. The van der Waals surface area contributed by atoms with Crippen molar-refractivity contribution in [2.75, 3.05) is 4.90 Å². The van der Waals surface area contributed by atoms with Gasteiger partial charge < -0.3 is 9.47 Å². The number of hydrogen-bond acceptors (Lipinski definition) is 2. The number of benzene rings is 3. The molecule has 0 saturated heterocycles. The van der Waals surface area contributed by atoms with E-state index < -0.39 is 8.24 Å². The van der Waals surface area contributed by atoms with Crippen LogP contribution in [0, 0.1) is 11.8 Å². The summed E-state index contributed by atoms with van der Waals surface area (Å²) >= 11 is 0. The van der Waals surface area contributed by atoms with Crippen LogP contribution < -0.4 is 4.90 Å². The van der Waals surface area contributed by atoms with Crippen molar-refractivity contribution in [3.8, 4) is 0 Å². The van der Waals surface area contributed by atoms with E-state index in [1.54, 1.807) is 5.57 Å². The van der Waals surface area contributed by atoms with Crippen molar-refractivity contribution in [1.82, 2.24) is 4.57 Å². The molecule has 0 heterocycles. The maximum atomic E-state index is 3.12. The van der Waals surface area contributed by atoms with E-state index >= 15 is 0 Å². The van der Waals surface area contributed by atoms with Crippen LogP contribution in [0.1, 0.15) is 90.7 Å². The van der Waals surface area contributed by atoms with Crippen molar-refractivity contribution >= 4 is 30.9 Å². The quantitative estimate of drug-likeness (QED) is 0.255. The summed E-state index contributed by atoms with van der Waals surface area (Å²) in [6.45, 7) is 17.9. The van der Waals surface area contributed by atoms with E-state index in [4.69, 9.17) is 0 Å². The standard InChI is InChI=1S/C42H54N2Si/c1-41(2,3)44(33-21-15-10-16-22-33)45(6,7)40-26-23-30-27-37-35-25-24-34(28-38(35)42(4,5)39(37)29-36(30)40)43(31-17-11-8-12-18-31)32-19-13-9-14-20-32/h8-9,11-14,17-20,24-25,27-30,33,36,40H,10,15-16,21-23,26H2,1-7H3. The van der Waals surface area contributed by atoms with E-state index in [0.29, 0.717) is 11.8 Å². The van der Waals surface area contributed by atoms with Gasteiger partial charge in [-0.1, -0.05) is 107 Å². The Balaban J connectivity index is 1.25. The minimum Gasteiger partial charge on any atom is -0.316 e. The summed E-state index contributed by atoms with van der Waals surface area (Å²) in [5, 5.41) is 0. The van der Waals surface area contributed by atoms with Gasteiger partial charge in [0, 0.05) is 34.1 Å². The largest absolute Gasteiger partial charge is 0.316 e. The highest BCUT2D eigenvalue weighted by molar-refractivity contribution is 6.76. The lowest BCUT2D eigenvalue weighted by atomic mass is 9.76. The van der Waals surface area contributed by atoms with Crippen molar-refractivity contribution in [2.45, 2.75) is 115 Å². The first-order valence-electron chi connectivity index (χ1n) is 17.8. The highest BCUT2D eigenvalue weighted by Crippen LogP contribution is 2.60. The number of allylic oxidation sites excluding steroid dienone is 4. The van der Waals surface area contributed by atoms with Crippen LogP contribution in [0.2, 0.25) is 18.6 Å². The Morgan fingerprint density at radius 3 is 1.93 bits per heavy atom. The summed E-state index contributed by atoms with van der Waals surface area (Å²) in [6.07, 6.45) is 15.3. The molecule has 4 aliphatic rings. The fourth-order valence-electron chi connectivity index (χ4n) is 10.2. The van der Waals surface area contributed by atoms with Crippen LogP contribution in [0.4, 0.5) is 17.1 Å². The van der Waals surface area contributed by atoms with Crippen LogP contribution in [0.25, 0.3) is 5.57 Å². The van der Waals surface area contributed by atoms with Crippen LogP contribution >= 0.6 is 0 Å². The maximum absolute atomic E-state index is 3.12. The molecular weight excluding hydrogens is 561 g/mol. The SMILES string of the molecule is CC1(C)C2=CC3C(C=C2c2ccc(N(c4ccccc4)c4ccccc4)cc21)CCC3[Si](C)(C)N(C1CCCCC1)C(C)(C)C. The molecule has 2 nitrogen and oxygen atoms in total. The molecule has 2 fully saturated rings. The molecule has 0 aromatic heterocycles. The number of hydrogen-bond donors (Lipinski definition) is 0. The number of rotatable bonds is 6. The molecule has 0 N–H and O–H groups in total. The third kappa shape index (κ3) is 5.28. The molecule has 0 amide bonds. The fourth-order valence-corrected chi connectivity index (χ4v) is 15.7. The van der Waals surface area contributed by atoms with Gasteiger partial charge in [-0.25, -0.2) is 0 Å². The number of fused-ring (bicyclic) bond motifs is 4. The van der Waals surface area contributed by atoms with E-state index in [1.165, 1.54) is 78.7 Å². The minimum absolute atomic E-state index is 0.0207. The Bertz CT molecular complexity index is 1550. The lowest BCUT2D eigenvalue weighted by Gasteiger charge is -2.55. The van der Waals surface area contributed by atoms with Gasteiger partial charge in [0.2, 0.25) is 0 Å². The minimum atomic E-state index is -1.75. The first-order valence-corrected chi connectivity index (χ1v) is 20.8. The monoisotopic (exact) mass is 614 g/mol. The van der Waals surface area contributed by atoms with Crippen molar-refractivity contribution in [3.05, 3.63) is 108 Å². The Kier molecular flexibility index (Phi) is 7.81. The predicted molar refractivity (Wildman–Crippen MR) is 196 cm³/mol. The van der Waals surface area contributed by atoms with Crippen LogP contribution in [0.5, 0.6) is 0 Å². The zero-order chi connectivity index (χ0) is 31.6. The molecule has 236 valence electrons. The molecule has 3 aromatic rings. The molecule has 45 heavy (non-hydrogen) atoms. The van der Waals surface area contributed by atoms with Crippen molar-refractivity contribution < 1.29 is 0 Å². The summed E-state index contributed by atoms with van der Waals surface area (Å²) in [6, 6.07) is 29.7. The Morgan fingerprint density at radius 2 is 1.33 bits per heavy atom. The first-order chi connectivity index (χ1) is 21.5. The first kappa shape index (κ1) is 30.8. The van der Waals surface area contributed by atoms with Gasteiger partial charge >= 0.3 is 0 Å². The normalized spacial score (nSPS) is 24.5. The summed E-state index contributed by atoms with van der Waals surface area (Å²) in [4.78, 5) is 2.41. The lowest BCUT2D eigenvalue weighted by Crippen LogP contribution is -2.64. The van der Waals surface area contributed by atoms with Crippen molar-refractivity contribution in [2.24, 2.45) is 11.8 Å². The topological polar surface area (TPSA) is 6.48 Å². The molecule has 3 atom stereocenters. The molecule has 3 unspecified atom stereocenters. The Hall–Kier alpha value is -2.88. The zero-order valence-corrected chi connectivity index (χ0v) is 29.8. The second-order valence-corrected chi connectivity index (χ2v) is 21.0. The van der Waals surface area contributed by atoms with Crippen LogP contribution in [0.15, 0.2) is 96.6 Å². The third-order valence-electron chi connectivity index (χ3n) is 11.9. The average molecular weight is 615 g/mol. The van der Waals surface area contributed by atoms with E-state index in [1.807, 2.05) is 0 Å².